The summed E-state index contributed by atoms with van der Waals surface area (Å²) in [5, 5.41) is 13.9. The van der Waals surface area contributed by atoms with Gasteiger partial charge in [-0.15, -0.1) is 0 Å². The molecule has 0 aliphatic rings. The third-order valence-corrected chi connectivity index (χ3v) is 3.71. The Labute approximate surface area is 127 Å². The number of rotatable bonds is 6. The molecule has 0 saturated carbocycles. The van der Waals surface area contributed by atoms with Crippen LogP contribution in [0, 0.1) is 5.41 Å². The normalized spacial score (nSPS) is 11.4. The van der Waals surface area contributed by atoms with Crippen LogP contribution < -0.4 is 5.32 Å². The van der Waals surface area contributed by atoms with E-state index in [-0.39, 0.29) is 22.6 Å². The van der Waals surface area contributed by atoms with E-state index in [4.69, 9.17) is 11.6 Å². The highest BCUT2D eigenvalue weighted by atomic mass is 79.9. The molecule has 0 heterocycles. The molecule has 0 fully saturated rings. The molecule has 0 spiro atoms. The molecule has 0 aromatic heterocycles. The molecule has 0 saturated heterocycles. The Kier molecular flexibility index (Phi) is 6.14. The zero-order valence-electron chi connectivity index (χ0n) is 11.2. The quantitative estimate of drug-likeness (QED) is 0.764. The minimum atomic E-state index is -0.277. The predicted octanol–water partition coefficient (Wildman–Crippen LogP) is 3.98. The zero-order valence-corrected chi connectivity index (χ0v) is 13.5. The van der Waals surface area contributed by atoms with E-state index in [9.17, 15) is 9.90 Å². The van der Waals surface area contributed by atoms with Crippen LogP contribution in [0.15, 0.2) is 18.2 Å². The largest absolute Gasteiger partial charge is 0.507 e. The predicted molar refractivity (Wildman–Crippen MR) is 82.3 cm³/mol. The molecule has 2 N–H and O–H groups in total. The van der Waals surface area contributed by atoms with Gasteiger partial charge in [-0.3, -0.25) is 4.79 Å². The van der Waals surface area contributed by atoms with Crippen molar-refractivity contribution in [3.63, 3.8) is 0 Å². The fraction of sp³-hybridized carbons (Fsp3) is 0.500. The maximum absolute atomic E-state index is 12.0. The number of aromatic hydroxyl groups is 1. The summed E-state index contributed by atoms with van der Waals surface area (Å²) in [4.78, 5) is 12.0. The topological polar surface area (TPSA) is 49.3 Å². The highest BCUT2D eigenvalue weighted by molar-refractivity contribution is 9.09. The second kappa shape index (κ2) is 7.15. The van der Waals surface area contributed by atoms with Crippen LogP contribution in [0.2, 0.25) is 5.02 Å². The summed E-state index contributed by atoms with van der Waals surface area (Å²) in [6.45, 7) is 4.79. The van der Waals surface area contributed by atoms with Gasteiger partial charge in [-0.25, -0.2) is 0 Å². The van der Waals surface area contributed by atoms with Gasteiger partial charge in [-0.05, 0) is 36.5 Å². The number of alkyl halides is 1. The van der Waals surface area contributed by atoms with Gasteiger partial charge in [-0.1, -0.05) is 41.4 Å². The van der Waals surface area contributed by atoms with Gasteiger partial charge in [0.05, 0.1) is 5.56 Å². The van der Waals surface area contributed by atoms with E-state index in [0.29, 0.717) is 11.6 Å². The van der Waals surface area contributed by atoms with E-state index in [2.05, 4.69) is 35.1 Å². The number of phenolic OH excluding ortho intramolecular Hbond substituents is 1. The van der Waals surface area contributed by atoms with E-state index in [1.807, 2.05) is 0 Å². The molecule has 0 unspecified atom stereocenters. The van der Waals surface area contributed by atoms with Gasteiger partial charge >= 0.3 is 0 Å². The van der Waals surface area contributed by atoms with Crippen LogP contribution in [0.3, 0.4) is 0 Å². The molecule has 19 heavy (non-hydrogen) atoms. The van der Waals surface area contributed by atoms with Crippen LogP contribution in [0.4, 0.5) is 0 Å². The van der Waals surface area contributed by atoms with Gasteiger partial charge in [0.1, 0.15) is 5.75 Å². The molecule has 0 bridgehead atoms. The number of halogens is 2. The first kappa shape index (κ1) is 16.3. The number of benzene rings is 1. The first-order valence-corrected chi connectivity index (χ1v) is 7.68. The van der Waals surface area contributed by atoms with Gasteiger partial charge in [-0.2, -0.15) is 0 Å². The number of amides is 1. The van der Waals surface area contributed by atoms with Crippen LogP contribution >= 0.6 is 27.5 Å². The van der Waals surface area contributed by atoms with Gasteiger partial charge in [0.15, 0.2) is 0 Å². The Hall–Kier alpha value is -0.740. The second-order valence-electron chi connectivity index (χ2n) is 5.30. The van der Waals surface area contributed by atoms with E-state index in [0.717, 1.165) is 18.2 Å². The summed E-state index contributed by atoms with van der Waals surface area (Å²) in [5.41, 5.74) is 0.284. The first-order chi connectivity index (χ1) is 8.85. The molecule has 0 atom stereocenters. The Morgan fingerprint density at radius 1 is 1.47 bits per heavy atom. The SMILES string of the molecule is CC(C)(CCCBr)CNC(=O)c1ccc(Cl)cc1O. The second-order valence-corrected chi connectivity index (χ2v) is 6.53. The molecule has 106 valence electrons. The summed E-state index contributed by atoms with van der Waals surface area (Å²) in [7, 11) is 0. The highest BCUT2D eigenvalue weighted by Crippen LogP contribution is 2.24. The highest BCUT2D eigenvalue weighted by Gasteiger charge is 2.19. The fourth-order valence-electron chi connectivity index (χ4n) is 1.75. The van der Waals surface area contributed by atoms with Gasteiger partial charge < -0.3 is 10.4 Å². The molecule has 0 aliphatic carbocycles. The van der Waals surface area contributed by atoms with E-state index >= 15 is 0 Å². The number of carbonyl (C=O) groups excluding carboxylic acids is 1. The number of phenols is 1. The average molecular weight is 349 g/mol. The van der Waals surface area contributed by atoms with E-state index in [1.54, 1.807) is 6.07 Å². The Morgan fingerprint density at radius 3 is 2.74 bits per heavy atom. The van der Waals surface area contributed by atoms with Crippen LogP contribution in [0.1, 0.15) is 37.0 Å². The van der Waals surface area contributed by atoms with Crippen molar-refractivity contribution >= 4 is 33.4 Å². The number of hydrogen-bond acceptors (Lipinski definition) is 2. The first-order valence-electron chi connectivity index (χ1n) is 6.18. The van der Waals surface area contributed by atoms with Crippen LogP contribution in [-0.2, 0) is 0 Å². The van der Waals surface area contributed by atoms with Gasteiger partial charge in [0, 0.05) is 16.9 Å². The Morgan fingerprint density at radius 2 is 2.16 bits per heavy atom. The van der Waals surface area contributed by atoms with E-state index < -0.39 is 0 Å². The number of hydrogen-bond donors (Lipinski definition) is 2. The van der Waals surface area contributed by atoms with Crippen LogP contribution in [0.25, 0.3) is 0 Å². The molecule has 1 aromatic rings. The summed E-state index contributed by atoms with van der Waals surface area (Å²) >= 11 is 9.13. The maximum atomic E-state index is 12.0. The van der Waals surface area contributed by atoms with Crippen molar-refractivity contribution < 1.29 is 9.90 Å². The van der Waals surface area contributed by atoms with Crippen molar-refractivity contribution in [1.29, 1.82) is 0 Å². The fourth-order valence-corrected chi connectivity index (χ4v) is 2.19. The zero-order chi connectivity index (χ0) is 14.5. The van der Waals surface area contributed by atoms with Crippen molar-refractivity contribution in [2.45, 2.75) is 26.7 Å². The molecule has 5 heteroatoms. The van der Waals surface area contributed by atoms with Crippen molar-refractivity contribution in [3.8, 4) is 5.75 Å². The average Bonchev–Trinajstić information content (AvgIpc) is 2.34. The molecule has 0 aliphatic heterocycles. The molecule has 1 rings (SSSR count). The lowest BCUT2D eigenvalue weighted by molar-refractivity contribution is 0.0932. The van der Waals surface area contributed by atoms with Crippen molar-refractivity contribution in [2.24, 2.45) is 5.41 Å². The monoisotopic (exact) mass is 347 g/mol. The lowest BCUT2D eigenvalue weighted by Crippen LogP contribution is -2.34. The Balaban J connectivity index is 2.60. The number of nitrogens with one attached hydrogen (secondary N) is 1. The number of carbonyl (C=O) groups is 1. The molecular weight excluding hydrogens is 330 g/mol. The van der Waals surface area contributed by atoms with Crippen LogP contribution in [0.5, 0.6) is 5.75 Å². The maximum Gasteiger partial charge on any atom is 0.255 e. The van der Waals surface area contributed by atoms with E-state index in [1.165, 1.54) is 12.1 Å². The van der Waals surface area contributed by atoms with Crippen LogP contribution in [-0.4, -0.2) is 22.9 Å². The summed E-state index contributed by atoms with van der Waals surface area (Å²) in [6, 6.07) is 4.48. The standard InChI is InChI=1S/C14H19BrClNO2/c1-14(2,6-3-7-15)9-17-13(19)11-5-4-10(16)8-12(11)18/h4-5,8,18H,3,6-7,9H2,1-2H3,(H,17,19). The molecule has 1 amide bonds. The molecular formula is C14H19BrClNO2. The van der Waals surface area contributed by atoms with Crippen molar-refractivity contribution in [1.82, 2.24) is 5.32 Å². The van der Waals surface area contributed by atoms with Crippen molar-refractivity contribution in [3.05, 3.63) is 28.8 Å². The third-order valence-electron chi connectivity index (χ3n) is 2.92. The van der Waals surface area contributed by atoms with Gasteiger partial charge in [0.2, 0.25) is 0 Å². The lowest BCUT2D eigenvalue weighted by atomic mass is 9.88. The van der Waals surface area contributed by atoms with Crippen molar-refractivity contribution in [2.75, 3.05) is 11.9 Å². The molecule has 1 aromatic carbocycles. The summed E-state index contributed by atoms with van der Waals surface area (Å²) in [5.74, 6) is -0.371. The smallest absolute Gasteiger partial charge is 0.255 e. The minimum absolute atomic E-state index is 0.0332. The molecule has 0 radical (unpaired) electrons. The lowest BCUT2D eigenvalue weighted by Gasteiger charge is -2.24. The Bertz CT molecular complexity index is 449. The minimum Gasteiger partial charge on any atom is -0.507 e. The molecule has 3 nitrogen and oxygen atoms in total. The van der Waals surface area contributed by atoms with Gasteiger partial charge in [0.25, 0.3) is 5.91 Å². The summed E-state index contributed by atoms with van der Waals surface area (Å²) < 4.78 is 0. The third kappa shape index (κ3) is 5.41. The summed E-state index contributed by atoms with van der Waals surface area (Å²) in [6.07, 6.45) is 2.08.